The molecule has 0 heterocycles. The zero-order valence-electron chi connectivity index (χ0n) is 4.25. The molecule has 0 N–H and O–H groups in total. The van der Waals surface area contributed by atoms with Gasteiger partial charge in [-0.3, -0.25) is 0 Å². The molecule has 0 atom stereocenters. The number of hydrogen-bond acceptors (Lipinski definition) is 0. The van der Waals surface area contributed by atoms with Crippen LogP contribution in [0.1, 0.15) is 0 Å². The Morgan fingerprint density at radius 1 is 0.400 bits per heavy atom. The molecule has 0 aliphatic rings. The second-order valence-corrected chi connectivity index (χ2v) is 0. The first-order valence-electron chi connectivity index (χ1n) is 0.902. The molecular formula is CHW9-. The molecule has 0 nitrogen and oxygen atoms in total. The fourth-order valence-electron chi connectivity index (χ4n) is 0. The maximum atomic E-state index is 4.58. The SMILES string of the molecule is [CH-]=[W].[W]=[W].[W]=[W].[W]=[W].[W]=[W]. The molecule has 0 fully saturated rings. The van der Waals surface area contributed by atoms with Gasteiger partial charge in [0.2, 0.25) is 0 Å². The first kappa shape index (κ1) is 29.8. The molecule has 0 aromatic rings. The molecule has 0 aromatic heterocycles. The Hall–Kier alpha value is 6.06. The fraction of sp³-hybridized carbons (Fsp3) is 0. The monoisotopic (exact) mass is 1670 g/mol. The molecule has 0 aliphatic carbocycles. The number of hydrogen-bond donors (Lipinski definition) is 0. The Balaban J connectivity index is -0.0000000104. The molecule has 0 amide bonds. The fourth-order valence-corrected chi connectivity index (χ4v) is 0. The van der Waals surface area contributed by atoms with E-state index in [1.54, 1.807) is 130 Å². The standard InChI is InChI=1S/CH.9W/h1H;;;;;;;;;/q-1;;;;;;;;;. The summed E-state index contributed by atoms with van der Waals surface area (Å²) in [6, 6.07) is 0. The summed E-state index contributed by atoms with van der Waals surface area (Å²) in [6.45, 7) is 0. The Morgan fingerprint density at radius 2 is 0.400 bits per heavy atom. The van der Waals surface area contributed by atoms with E-state index in [2.05, 4.69) is 4.90 Å². The van der Waals surface area contributed by atoms with Gasteiger partial charge in [0, 0.05) is 0 Å². The third-order valence-electron chi connectivity index (χ3n) is 0. The van der Waals surface area contributed by atoms with Gasteiger partial charge < -0.3 is 0 Å². The Kier molecular flexibility index (Phi) is 241. The van der Waals surface area contributed by atoms with Gasteiger partial charge in [-0.15, -0.1) is 0 Å². The topological polar surface area (TPSA) is 0 Å². The van der Waals surface area contributed by atoms with Gasteiger partial charge in [-0.2, -0.15) is 0 Å². The first-order valence-corrected chi connectivity index (χ1v) is 46.6. The summed E-state index contributed by atoms with van der Waals surface area (Å²) in [6.07, 6.45) is 0. The van der Waals surface area contributed by atoms with Gasteiger partial charge in [0.25, 0.3) is 0 Å². The van der Waals surface area contributed by atoms with E-state index >= 15 is 0 Å². The molecule has 0 bridgehead atoms. The molecule has 0 saturated heterocycles. The van der Waals surface area contributed by atoms with Crippen LogP contribution < -0.4 is 0 Å². The van der Waals surface area contributed by atoms with E-state index < -0.39 is 0 Å². The van der Waals surface area contributed by atoms with Crippen molar-refractivity contribution in [3.63, 3.8) is 0 Å². The average Bonchev–Trinajstić information content (AvgIpc) is 2.20. The van der Waals surface area contributed by atoms with Gasteiger partial charge in [-0.05, 0) is 0 Å². The predicted octanol–water partition coefficient (Wildman–Crippen LogP) is -0.178. The first-order chi connectivity index (χ1) is 5.00. The van der Waals surface area contributed by atoms with Gasteiger partial charge in [0.1, 0.15) is 0 Å². The van der Waals surface area contributed by atoms with E-state index in [-0.39, 0.29) is 0 Å². The van der Waals surface area contributed by atoms with Crippen molar-refractivity contribution >= 4 is 4.90 Å². The predicted molar refractivity (Wildman–Crippen MR) is 6.06 cm³/mol. The van der Waals surface area contributed by atoms with Crippen molar-refractivity contribution in [1.29, 1.82) is 0 Å². The van der Waals surface area contributed by atoms with Gasteiger partial charge in [0.05, 0.1) is 0 Å². The maximum absolute atomic E-state index is 4.58. The van der Waals surface area contributed by atoms with E-state index in [0.717, 1.165) is 19.4 Å². The summed E-state index contributed by atoms with van der Waals surface area (Å²) in [5.41, 5.74) is 0. The van der Waals surface area contributed by atoms with Crippen molar-refractivity contribution in [3.05, 3.63) is 0 Å². The molecule has 0 aromatic carbocycles. The molecule has 0 radical (unpaired) electrons. The summed E-state index contributed by atoms with van der Waals surface area (Å²) in [4.78, 5) is 4.58. The minimum atomic E-state index is 1.08. The van der Waals surface area contributed by atoms with Gasteiger partial charge >= 0.3 is 154 Å². The minimum absolute atomic E-state index is 1.08. The zero-order chi connectivity index (χ0) is 10.0. The Morgan fingerprint density at radius 3 is 0.400 bits per heavy atom. The van der Waals surface area contributed by atoms with E-state index in [1.807, 2.05) is 0 Å². The van der Waals surface area contributed by atoms with E-state index in [9.17, 15) is 0 Å². The Bertz CT molecular complexity index is 16.3. The van der Waals surface area contributed by atoms with E-state index in [0.29, 0.717) is 0 Å². The van der Waals surface area contributed by atoms with Crippen LogP contribution in [0.5, 0.6) is 0 Å². The van der Waals surface area contributed by atoms with Gasteiger partial charge in [0.15, 0.2) is 0 Å². The van der Waals surface area contributed by atoms with Crippen molar-refractivity contribution in [2.75, 3.05) is 0 Å². The summed E-state index contributed by atoms with van der Waals surface area (Å²) < 4.78 is 0. The molecule has 10 heavy (non-hydrogen) atoms. The van der Waals surface area contributed by atoms with Crippen LogP contribution in [-0.2, 0) is 149 Å². The average molecular weight is 1670 g/mol. The molecule has 0 saturated carbocycles. The van der Waals surface area contributed by atoms with E-state index in [4.69, 9.17) is 0 Å². The van der Waals surface area contributed by atoms with Crippen LogP contribution >= 0.6 is 0 Å². The normalized spacial score (nSPS) is 2.00. The molecule has 0 spiro atoms. The van der Waals surface area contributed by atoms with Crippen LogP contribution in [-0.4, -0.2) is 4.90 Å². The van der Waals surface area contributed by atoms with Gasteiger partial charge in [-0.1, -0.05) is 0 Å². The summed E-state index contributed by atoms with van der Waals surface area (Å²) >= 11 is 14.4. The van der Waals surface area contributed by atoms with E-state index in [1.165, 1.54) is 0 Å². The zero-order valence-corrected chi connectivity index (χ0v) is 30.7. The third kappa shape index (κ3) is 65.3. The molecule has 0 aliphatic heterocycles. The third-order valence-corrected chi connectivity index (χ3v) is 0. The second-order valence-electron chi connectivity index (χ2n) is 0. The summed E-state index contributed by atoms with van der Waals surface area (Å²) in [7, 11) is 0. The van der Waals surface area contributed by atoms with Crippen LogP contribution in [0.4, 0.5) is 0 Å². The number of rotatable bonds is 0. The van der Waals surface area contributed by atoms with Crippen molar-refractivity contribution in [2.45, 2.75) is 0 Å². The quantitative estimate of drug-likeness (QED) is 0.296. The summed E-state index contributed by atoms with van der Waals surface area (Å²) in [5, 5.41) is 0. The van der Waals surface area contributed by atoms with Crippen LogP contribution in [0.3, 0.4) is 0 Å². The molecular weight excluding hydrogens is 1670 g/mol. The van der Waals surface area contributed by atoms with Crippen LogP contribution in [0, 0.1) is 0 Å². The van der Waals surface area contributed by atoms with Crippen molar-refractivity contribution in [1.82, 2.24) is 0 Å². The van der Waals surface area contributed by atoms with Crippen molar-refractivity contribution < 1.29 is 149 Å². The summed E-state index contributed by atoms with van der Waals surface area (Å²) in [5.74, 6) is 0. The van der Waals surface area contributed by atoms with Crippen LogP contribution in [0.15, 0.2) is 0 Å². The van der Waals surface area contributed by atoms with Crippen LogP contribution in [0.2, 0.25) is 0 Å². The van der Waals surface area contributed by atoms with Crippen molar-refractivity contribution in [3.8, 4) is 0 Å². The van der Waals surface area contributed by atoms with Crippen LogP contribution in [0.25, 0.3) is 0 Å². The Labute approximate surface area is 149 Å². The molecule has 0 unspecified atom stereocenters. The molecule has 9 heteroatoms. The van der Waals surface area contributed by atoms with Crippen molar-refractivity contribution in [2.24, 2.45) is 0 Å². The molecule has 0 rings (SSSR count). The second kappa shape index (κ2) is 81.0. The molecule has 60 valence electrons. The van der Waals surface area contributed by atoms with Gasteiger partial charge in [-0.25, -0.2) is 0 Å².